The smallest absolute Gasteiger partial charge is 0.233 e. The van der Waals surface area contributed by atoms with E-state index < -0.39 is 0 Å². The van der Waals surface area contributed by atoms with Gasteiger partial charge in [0.25, 0.3) is 0 Å². The molecule has 1 aromatic rings. The van der Waals surface area contributed by atoms with Crippen molar-refractivity contribution in [3.63, 3.8) is 0 Å². The van der Waals surface area contributed by atoms with Gasteiger partial charge in [0.05, 0.1) is 26.1 Å². The van der Waals surface area contributed by atoms with Crippen LogP contribution in [0.2, 0.25) is 0 Å². The van der Waals surface area contributed by atoms with E-state index in [1.807, 2.05) is 0 Å². The fraction of sp³-hybridized carbons (Fsp3) is 0.667. The Kier molecular flexibility index (Phi) is 4.72. The van der Waals surface area contributed by atoms with E-state index in [0.29, 0.717) is 5.88 Å². The fourth-order valence-corrected chi connectivity index (χ4v) is 2.01. The van der Waals surface area contributed by atoms with E-state index in [-0.39, 0.29) is 0 Å². The van der Waals surface area contributed by atoms with Crippen LogP contribution < -0.4 is 9.64 Å². The Bertz CT molecular complexity index is 367. The Balaban J connectivity index is 1.88. The van der Waals surface area contributed by atoms with Gasteiger partial charge in [0, 0.05) is 39.8 Å². The zero-order valence-corrected chi connectivity index (χ0v) is 11.0. The van der Waals surface area contributed by atoms with Crippen LogP contribution in [0.25, 0.3) is 0 Å². The zero-order chi connectivity index (χ0) is 12.8. The molecule has 6 heteroatoms. The summed E-state index contributed by atoms with van der Waals surface area (Å²) in [5.41, 5.74) is 0. The van der Waals surface area contributed by atoms with Crippen LogP contribution in [0.5, 0.6) is 5.88 Å². The maximum atomic E-state index is 5.09. The molecule has 0 aromatic carbocycles. The highest BCUT2D eigenvalue weighted by Gasteiger charge is 2.18. The summed E-state index contributed by atoms with van der Waals surface area (Å²) in [6.07, 6.45) is 3.41. The number of hydrogen-bond donors (Lipinski definition) is 0. The van der Waals surface area contributed by atoms with Gasteiger partial charge >= 0.3 is 0 Å². The quantitative estimate of drug-likeness (QED) is 0.749. The minimum absolute atomic E-state index is 0.564. The summed E-state index contributed by atoms with van der Waals surface area (Å²) in [5.74, 6) is 1.45. The Labute approximate surface area is 108 Å². The van der Waals surface area contributed by atoms with Crippen molar-refractivity contribution in [3.05, 3.63) is 12.4 Å². The average Bonchev–Trinajstić information content (AvgIpc) is 2.46. The predicted octanol–water partition coefficient (Wildman–Crippen LogP) is 0.254. The molecule has 1 aliphatic heterocycles. The lowest BCUT2D eigenvalue weighted by molar-refractivity contribution is 0.144. The second kappa shape index (κ2) is 6.51. The van der Waals surface area contributed by atoms with Crippen molar-refractivity contribution in [2.24, 2.45) is 0 Å². The Hall–Kier alpha value is -1.40. The number of methoxy groups -OCH3 is 2. The molecule has 0 aliphatic carbocycles. The molecule has 1 saturated heterocycles. The molecule has 0 bridgehead atoms. The summed E-state index contributed by atoms with van der Waals surface area (Å²) in [4.78, 5) is 13.2. The normalized spacial score (nSPS) is 16.9. The molecule has 0 amide bonds. The molecule has 0 spiro atoms. The molecule has 0 unspecified atom stereocenters. The molecule has 1 aromatic heterocycles. The first-order valence-corrected chi connectivity index (χ1v) is 6.16. The van der Waals surface area contributed by atoms with Crippen LogP contribution in [0.4, 0.5) is 5.82 Å². The van der Waals surface area contributed by atoms with Gasteiger partial charge in [-0.05, 0) is 0 Å². The fourth-order valence-electron chi connectivity index (χ4n) is 2.01. The van der Waals surface area contributed by atoms with Gasteiger partial charge in [-0.1, -0.05) is 0 Å². The molecular formula is C12H20N4O2. The third kappa shape index (κ3) is 3.30. The number of rotatable bonds is 5. The molecular weight excluding hydrogens is 232 g/mol. The number of nitrogens with zero attached hydrogens (tertiary/aromatic N) is 4. The predicted molar refractivity (Wildman–Crippen MR) is 69.1 cm³/mol. The van der Waals surface area contributed by atoms with Crippen molar-refractivity contribution < 1.29 is 9.47 Å². The van der Waals surface area contributed by atoms with Crippen LogP contribution in [0.1, 0.15) is 0 Å². The van der Waals surface area contributed by atoms with Gasteiger partial charge in [-0.15, -0.1) is 0 Å². The summed E-state index contributed by atoms with van der Waals surface area (Å²) >= 11 is 0. The topological polar surface area (TPSA) is 50.7 Å². The number of anilines is 1. The number of piperazine rings is 1. The number of aromatic nitrogens is 2. The number of ether oxygens (including phenoxy) is 2. The van der Waals surface area contributed by atoms with E-state index in [9.17, 15) is 0 Å². The minimum Gasteiger partial charge on any atom is -0.480 e. The lowest BCUT2D eigenvalue weighted by Gasteiger charge is -2.35. The van der Waals surface area contributed by atoms with E-state index in [1.54, 1.807) is 26.6 Å². The molecule has 2 heterocycles. The lowest BCUT2D eigenvalue weighted by Crippen LogP contribution is -2.47. The standard InChI is InChI=1S/C12H20N4O2/c1-17-8-7-15-3-5-16(6-4-15)11-9-13-10-12(14-11)18-2/h9-10H,3-8H2,1-2H3. The highest BCUT2D eigenvalue weighted by molar-refractivity contribution is 5.38. The molecule has 0 saturated carbocycles. The Morgan fingerprint density at radius 3 is 2.61 bits per heavy atom. The number of hydrogen-bond acceptors (Lipinski definition) is 6. The van der Waals surface area contributed by atoms with Crippen molar-refractivity contribution >= 4 is 5.82 Å². The van der Waals surface area contributed by atoms with E-state index in [4.69, 9.17) is 9.47 Å². The van der Waals surface area contributed by atoms with E-state index in [1.165, 1.54) is 0 Å². The van der Waals surface area contributed by atoms with Crippen LogP contribution in [0.15, 0.2) is 12.4 Å². The van der Waals surface area contributed by atoms with Crippen molar-refractivity contribution in [1.82, 2.24) is 14.9 Å². The SMILES string of the molecule is COCCN1CCN(c2cncc(OC)n2)CC1. The molecule has 0 atom stereocenters. The third-order valence-electron chi connectivity index (χ3n) is 3.12. The first-order chi connectivity index (χ1) is 8.83. The van der Waals surface area contributed by atoms with Crippen LogP contribution in [0, 0.1) is 0 Å². The van der Waals surface area contributed by atoms with Crippen LogP contribution in [-0.2, 0) is 4.74 Å². The van der Waals surface area contributed by atoms with Gasteiger partial charge in [-0.3, -0.25) is 9.88 Å². The Morgan fingerprint density at radius 2 is 1.94 bits per heavy atom. The van der Waals surface area contributed by atoms with Crippen molar-refractivity contribution in [3.8, 4) is 5.88 Å². The Morgan fingerprint density at radius 1 is 1.17 bits per heavy atom. The van der Waals surface area contributed by atoms with E-state index in [2.05, 4.69) is 19.8 Å². The van der Waals surface area contributed by atoms with Gasteiger partial charge in [0.15, 0.2) is 5.82 Å². The van der Waals surface area contributed by atoms with Crippen LogP contribution in [-0.4, -0.2) is 68.4 Å². The highest BCUT2D eigenvalue weighted by atomic mass is 16.5. The zero-order valence-electron chi connectivity index (χ0n) is 11.0. The van der Waals surface area contributed by atoms with Gasteiger partial charge in [0.2, 0.25) is 5.88 Å². The summed E-state index contributed by atoms with van der Waals surface area (Å²) in [5, 5.41) is 0. The van der Waals surface area contributed by atoms with Crippen molar-refractivity contribution in [1.29, 1.82) is 0 Å². The van der Waals surface area contributed by atoms with Gasteiger partial charge in [-0.2, -0.15) is 4.98 Å². The van der Waals surface area contributed by atoms with Crippen molar-refractivity contribution in [2.45, 2.75) is 0 Å². The maximum Gasteiger partial charge on any atom is 0.233 e. The molecule has 0 radical (unpaired) electrons. The first-order valence-electron chi connectivity index (χ1n) is 6.16. The third-order valence-corrected chi connectivity index (χ3v) is 3.12. The molecule has 1 fully saturated rings. The summed E-state index contributed by atoms with van der Waals surface area (Å²) in [7, 11) is 3.35. The summed E-state index contributed by atoms with van der Waals surface area (Å²) in [6, 6.07) is 0. The second-order valence-electron chi connectivity index (χ2n) is 4.24. The van der Waals surface area contributed by atoms with Crippen molar-refractivity contribution in [2.75, 3.05) is 58.5 Å². The van der Waals surface area contributed by atoms with E-state index >= 15 is 0 Å². The van der Waals surface area contributed by atoms with Crippen LogP contribution >= 0.6 is 0 Å². The van der Waals surface area contributed by atoms with Gasteiger partial charge in [0.1, 0.15) is 0 Å². The molecule has 6 nitrogen and oxygen atoms in total. The minimum atomic E-state index is 0.564. The van der Waals surface area contributed by atoms with E-state index in [0.717, 1.165) is 45.1 Å². The molecule has 0 N–H and O–H groups in total. The monoisotopic (exact) mass is 252 g/mol. The lowest BCUT2D eigenvalue weighted by atomic mass is 10.3. The largest absolute Gasteiger partial charge is 0.480 e. The summed E-state index contributed by atoms with van der Waals surface area (Å²) in [6.45, 7) is 5.77. The molecule has 2 rings (SSSR count). The van der Waals surface area contributed by atoms with Gasteiger partial charge in [-0.25, -0.2) is 0 Å². The first kappa shape index (κ1) is 13.0. The highest BCUT2D eigenvalue weighted by Crippen LogP contribution is 2.15. The van der Waals surface area contributed by atoms with Gasteiger partial charge < -0.3 is 14.4 Å². The average molecular weight is 252 g/mol. The van der Waals surface area contributed by atoms with Crippen LogP contribution in [0.3, 0.4) is 0 Å². The summed E-state index contributed by atoms with van der Waals surface area (Å²) < 4.78 is 10.2. The molecule has 1 aliphatic rings. The molecule has 18 heavy (non-hydrogen) atoms. The maximum absolute atomic E-state index is 5.09. The second-order valence-corrected chi connectivity index (χ2v) is 4.24. The molecule has 100 valence electrons.